The molecule has 0 spiro atoms. The SMILES string of the molecule is CC(C)(C)C1CN(C(=O)C2CCC(NC(=O)C3CC3)CC2)CCO1. The minimum absolute atomic E-state index is 0.0592. The van der Waals surface area contributed by atoms with Crippen molar-refractivity contribution in [3.8, 4) is 0 Å². The van der Waals surface area contributed by atoms with Gasteiger partial charge in [-0.15, -0.1) is 0 Å². The molecule has 3 aliphatic rings. The Kier molecular flexibility index (Phi) is 5.19. The van der Waals surface area contributed by atoms with Crippen LogP contribution in [-0.2, 0) is 14.3 Å². The van der Waals surface area contributed by atoms with E-state index in [1.807, 2.05) is 4.90 Å². The molecular weight excluding hydrogens is 304 g/mol. The number of nitrogens with one attached hydrogen (secondary N) is 1. The maximum absolute atomic E-state index is 12.9. The summed E-state index contributed by atoms with van der Waals surface area (Å²) in [6, 6.07) is 0.272. The van der Waals surface area contributed by atoms with Crippen molar-refractivity contribution in [3.63, 3.8) is 0 Å². The van der Waals surface area contributed by atoms with E-state index < -0.39 is 0 Å². The Bertz CT molecular complexity index is 473. The van der Waals surface area contributed by atoms with Gasteiger partial charge in [-0.1, -0.05) is 20.8 Å². The Hall–Kier alpha value is -1.10. The average molecular weight is 336 g/mol. The molecule has 0 radical (unpaired) electrons. The molecule has 0 aromatic carbocycles. The summed E-state index contributed by atoms with van der Waals surface area (Å²) in [6.45, 7) is 8.56. The lowest BCUT2D eigenvalue weighted by atomic mass is 9.84. The molecule has 1 N–H and O–H groups in total. The van der Waals surface area contributed by atoms with Crippen LogP contribution < -0.4 is 5.32 Å². The van der Waals surface area contributed by atoms with Crippen LogP contribution in [0.4, 0.5) is 0 Å². The molecular formula is C19H32N2O3. The first kappa shape index (κ1) is 17.7. The number of hydrogen-bond acceptors (Lipinski definition) is 3. The predicted octanol–water partition coefficient (Wildman–Crippen LogP) is 2.34. The van der Waals surface area contributed by atoms with E-state index in [-0.39, 0.29) is 35.3 Å². The first-order valence-corrected chi connectivity index (χ1v) is 9.55. The van der Waals surface area contributed by atoms with E-state index in [1.165, 1.54) is 0 Å². The van der Waals surface area contributed by atoms with E-state index in [9.17, 15) is 9.59 Å². The van der Waals surface area contributed by atoms with Crippen molar-refractivity contribution in [2.45, 2.75) is 71.4 Å². The standard InChI is InChI=1S/C19H32N2O3/c1-19(2,3)16-12-21(10-11-24-16)18(23)14-6-8-15(9-7-14)20-17(22)13-4-5-13/h13-16H,4-12H2,1-3H3,(H,20,22). The number of amides is 2. The Morgan fingerprint density at radius 3 is 2.21 bits per heavy atom. The smallest absolute Gasteiger partial charge is 0.225 e. The lowest BCUT2D eigenvalue weighted by Crippen LogP contribution is -2.52. The van der Waals surface area contributed by atoms with Crippen molar-refractivity contribution in [3.05, 3.63) is 0 Å². The van der Waals surface area contributed by atoms with E-state index in [2.05, 4.69) is 26.1 Å². The molecule has 24 heavy (non-hydrogen) atoms. The third-order valence-electron chi connectivity index (χ3n) is 5.71. The monoisotopic (exact) mass is 336 g/mol. The highest BCUT2D eigenvalue weighted by molar-refractivity contribution is 5.81. The van der Waals surface area contributed by atoms with Gasteiger partial charge >= 0.3 is 0 Å². The summed E-state index contributed by atoms with van der Waals surface area (Å²) in [6.07, 6.45) is 5.86. The quantitative estimate of drug-likeness (QED) is 0.861. The van der Waals surface area contributed by atoms with E-state index in [0.717, 1.165) is 38.5 Å². The fraction of sp³-hybridized carbons (Fsp3) is 0.895. The highest BCUT2D eigenvalue weighted by atomic mass is 16.5. The molecule has 1 heterocycles. The molecule has 1 atom stereocenters. The van der Waals surface area contributed by atoms with Crippen LogP contribution in [0.3, 0.4) is 0 Å². The Morgan fingerprint density at radius 1 is 1.00 bits per heavy atom. The number of carbonyl (C=O) groups excluding carboxylic acids is 2. The normalized spacial score (nSPS) is 31.6. The van der Waals surface area contributed by atoms with E-state index in [1.54, 1.807) is 0 Å². The molecule has 5 heteroatoms. The second kappa shape index (κ2) is 7.03. The predicted molar refractivity (Wildman–Crippen MR) is 92.4 cm³/mol. The molecule has 3 fully saturated rings. The van der Waals surface area contributed by atoms with Gasteiger partial charge in [0.15, 0.2) is 0 Å². The van der Waals surface area contributed by atoms with Crippen LogP contribution in [-0.4, -0.2) is 48.6 Å². The molecule has 2 aliphatic carbocycles. The van der Waals surface area contributed by atoms with Gasteiger partial charge in [0.2, 0.25) is 11.8 Å². The molecule has 3 rings (SSSR count). The number of morpholine rings is 1. The Morgan fingerprint density at radius 2 is 1.62 bits per heavy atom. The zero-order valence-electron chi connectivity index (χ0n) is 15.3. The second-order valence-corrected chi connectivity index (χ2v) is 8.84. The number of carbonyl (C=O) groups is 2. The molecule has 2 amide bonds. The molecule has 1 aliphatic heterocycles. The molecule has 1 unspecified atom stereocenters. The van der Waals surface area contributed by atoms with Crippen LogP contribution >= 0.6 is 0 Å². The zero-order chi connectivity index (χ0) is 17.3. The first-order valence-electron chi connectivity index (χ1n) is 9.55. The molecule has 136 valence electrons. The topological polar surface area (TPSA) is 58.6 Å². The molecule has 0 aromatic heterocycles. The van der Waals surface area contributed by atoms with Gasteiger partial charge < -0.3 is 15.0 Å². The van der Waals surface area contributed by atoms with Crippen molar-refractivity contribution >= 4 is 11.8 Å². The fourth-order valence-corrected chi connectivity index (χ4v) is 3.78. The molecule has 5 nitrogen and oxygen atoms in total. The van der Waals surface area contributed by atoms with Crippen LogP contribution in [0.5, 0.6) is 0 Å². The summed E-state index contributed by atoms with van der Waals surface area (Å²) in [5.74, 6) is 0.912. The zero-order valence-corrected chi connectivity index (χ0v) is 15.3. The van der Waals surface area contributed by atoms with E-state index in [0.29, 0.717) is 25.6 Å². The first-order chi connectivity index (χ1) is 11.3. The van der Waals surface area contributed by atoms with Crippen molar-refractivity contribution in [1.82, 2.24) is 10.2 Å². The van der Waals surface area contributed by atoms with Crippen LogP contribution in [0.2, 0.25) is 0 Å². The van der Waals surface area contributed by atoms with Gasteiger partial charge in [-0.25, -0.2) is 0 Å². The lowest BCUT2D eigenvalue weighted by Gasteiger charge is -2.41. The number of rotatable bonds is 3. The highest BCUT2D eigenvalue weighted by Crippen LogP contribution is 2.32. The van der Waals surface area contributed by atoms with Gasteiger partial charge in [0.1, 0.15) is 0 Å². The van der Waals surface area contributed by atoms with Gasteiger partial charge in [-0.2, -0.15) is 0 Å². The minimum atomic E-state index is 0.0592. The van der Waals surface area contributed by atoms with Crippen LogP contribution in [0.25, 0.3) is 0 Å². The van der Waals surface area contributed by atoms with Gasteiger partial charge in [0, 0.05) is 31.0 Å². The second-order valence-electron chi connectivity index (χ2n) is 8.84. The van der Waals surface area contributed by atoms with Crippen molar-refractivity contribution in [2.24, 2.45) is 17.3 Å². The van der Waals surface area contributed by atoms with Crippen LogP contribution in [0.1, 0.15) is 59.3 Å². The molecule has 1 saturated heterocycles. The largest absolute Gasteiger partial charge is 0.374 e. The summed E-state index contributed by atoms with van der Waals surface area (Å²) < 4.78 is 5.86. The summed E-state index contributed by atoms with van der Waals surface area (Å²) >= 11 is 0. The number of hydrogen-bond donors (Lipinski definition) is 1. The Labute approximate surface area is 145 Å². The maximum Gasteiger partial charge on any atom is 0.225 e. The average Bonchev–Trinajstić information content (AvgIpc) is 3.39. The van der Waals surface area contributed by atoms with E-state index >= 15 is 0 Å². The summed E-state index contributed by atoms with van der Waals surface area (Å²) in [5.41, 5.74) is 0.0592. The summed E-state index contributed by atoms with van der Waals surface area (Å²) in [5, 5.41) is 3.16. The lowest BCUT2D eigenvalue weighted by molar-refractivity contribution is -0.148. The maximum atomic E-state index is 12.9. The summed E-state index contributed by atoms with van der Waals surface area (Å²) in [4.78, 5) is 26.7. The summed E-state index contributed by atoms with van der Waals surface area (Å²) in [7, 11) is 0. The highest BCUT2D eigenvalue weighted by Gasteiger charge is 2.37. The van der Waals surface area contributed by atoms with Gasteiger partial charge in [0.25, 0.3) is 0 Å². The van der Waals surface area contributed by atoms with E-state index in [4.69, 9.17) is 4.74 Å². The Balaban J connectivity index is 1.47. The molecule has 0 aromatic rings. The third-order valence-corrected chi connectivity index (χ3v) is 5.71. The minimum Gasteiger partial charge on any atom is -0.374 e. The van der Waals surface area contributed by atoms with Crippen molar-refractivity contribution < 1.29 is 14.3 Å². The fourth-order valence-electron chi connectivity index (χ4n) is 3.78. The number of ether oxygens (including phenoxy) is 1. The number of nitrogens with zero attached hydrogens (tertiary/aromatic N) is 1. The van der Waals surface area contributed by atoms with Gasteiger partial charge in [-0.05, 0) is 43.9 Å². The molecule has 0 bridgehead atoms. The van der Waals surface area contributed by atoms with Crippen LogP contribution in [0, 0.1) is 17.3 Å². The molecule has 2 saturated carbocycles. The van der Waals surface area contributed by atoms with Gasteiger partial charge in [0.05, 0.1) is 12.7 Å². The van der Waals surface area contributed by atoms with Crippen molar-refractivity contribution in [1.29, 1.82) is 0 Å². The van der Waals surface area contributed by atoms with Gasteiger partial charge in [-0.3, -0.25) is 9.59 Å². The van der Waals surface area contributed by atoms with Crippen LogP contribution in [0.15, 0.2) is 0 Å². The van der Waals surface area contributed by atoms with Crippen molar-refractivity contribution in [2.75, 3.05) is 19.7 Å². The third kappa shape index (κ3) is 4.29.